The van der Waals surface area contributed by atoms with Gasteiger partial charge in [0.1, 0.15) is 17.1 Å². The highest BCUT2D eigenvalue weighted by Gasteiger charge is 2.12. The number of thiophene rings is 1. The minimum Gasteiger partial charge on any atom is -0.489 e. The zero-order valence-corrected chi connectivity index (χ0v) is 20.6. The Morgan fingerprint density at radius 1 is 0.971 bits per heavy atom. The summed E-state index contributed by atoms with van der Waals surface area (Å²) in [4.78, 5) is 17.5. The predicted octanol–water partition coefficient (Wildman–Crippen LogP) is 7.37. The van der Waals surface area contributed by atoms with Gasteiger partial charge in [-0.2, -0.15) is 4.98 Å². The molecule has 7 heteroatoms. The van der Waals surface area contributed by atoms with E-state index in [-0.39, 0.29) is 5.56 Å². The Morgan fingerprint density at radius 2 is 1.74 bits per heavy atom. The summed E-state index contributed by atoms with van der Waals surface area (Å²) in [5.74, 6) is 0.756. The van der Waals surface area contributed by atoms with E-state index in [0.29, 0.717) is 27.9 Å². The second-order valence-corrected chi connectivity index (χ2v) is 9.93. The third-order valence-corrected chi connectivity index (χ3v) is 7.31. The summed E-state index contributed by atoms with van der Waals surface area (Å²) in [7, 11) is 0. The predicted molar refractivity (Wildman–Crippen MR) is 140 cm³/mol. The first kappa shape index (κ1) is 22.7. The quantitative estimate of drug-likeness (QED) is 0.241. The van der Waals surface area contributed by atoms with Gasteiger partial charge < -0.3 is 9.30 Å². The SMILES string of the molecule is Cc1ccc(Cl)c(COc2ccc(-c3cc4c(s3)c(=O)ncn4Cc3ccc(Cl)cc3)cc2)c1. The standard InChI is InChI=1S/C27H20Cl2N2O2S/c1-17-2-11-23(29)20(12-17)15-33-22-9-5-19(6-10-22)25-13-24-26(34-25)27(32)30-16-31(24)14-18-3-7-21(28)8-4-18/h2-13,16H,14-15H2,1H3. The monoisotopic (exact) mass is 506 g/mol. The number of hydrogen-bond donors (Lipinski definition) is 0. The maximum Gasteiger partial charge on any atom is 0.290 e. The molecule has 0 spiro atoms. The van der Waals surface area contributed by atoms with Gasteiger partial charge in [0.05, 0.1) is 11.8 Å². The minimum atomic E-state index is -0.214. The molecule has 0 aliphatic carbocycles. The zero-order valence-electron chi connectivity index (χ0n) is 18.3. The summed E-state index contributed by atoms with van der Waals surface area (Å²) in [5, 5.41) is 1.39. The third kappa shape index (κ3) is 4.87. The molecule has 34 heavy (non-hydrogen) atoms. The maximum atomic E-state index is 12.4. The lowest BCUT2D eigenvalue weighted by atomic mass is 10.1. The van der Waals surface area contributed by atoms with Crippen LogP contribution in [-0.4, -0.2) is 9.55 Å². The van der Waals surface area contributed by atoms with E-state index in [4.69, 9.17) is 27.9 Å². The first-order chi connectivity index (χ1) is 16.5. The van der Waals surface area contributed by atoms with Gasteiger partial charge in [0.2, 0.25) is 0 Å². The molecule has 5 aromatic rings. The molecular formula is C27H20Cl2N2O2S. The van der Waals surface area contributed by atoms with E-state index in [9.17, 15) is 4.79 Å². The molecule has 4 nitrogen and oxygen atoms in total. The van der Waals surface area contributed by atoms with Crippen LogP contribution in [0, 0.1) is 6.92 Å². The summed E-state index contributed by atoms with van der Waals surface area (Å²) in [6, 6.07) is 23.5. The molecular weight excluding hydrogens is 487 g/mol. The highest BCUT2D eigenvalue weighted by Crippen LogP contribution is 2.33. The first-order valence-electron chi connectivity index (χ1n) is 10.7. The molecule has 0 saturated carbocycles. The lowest BCUT2D eigenvalue weighted by Crippen LogP contribution is -2.11. The van der Waals surface area contributed by atoms with Gasteiger partial charge in [-0.3, -0.25) is 4.79 Å². The summed E-state index contributed by atoms with van der Waals surface area (Å²) in [6.45, 7) is 3.03. The lowest BCUT2D eigenvalue weighted by Gasteiger charge is -2.09. The van der Waals surface area contributed by atoms with E-state index < -0.39 is 0 Å². The van der Waals surface area contributed by atoms with Crippen molar-refractivity contribution in [3.63, 3.8) is 0 Å². The molecule has 2 heterocycles. The van der Waals surface area contributed by atoms with Crippen molar-refractivity contribution in [2.24, 2.45) is 0 Å². The van der Waals surface area contributed by atoms with Gasteiger partial charge in [-0.05, 0) is 66.6 Å². The third-order valence-electron chi connectivity index (χ3n) is 5.53. The van der Waals surface area contributed by atoms with Crippen molar-refractivity contribution in [1.29, 1.82) is 0 Å². The molecule has 0 atom stereocenters. The van der Waals surface area contributed by atoms with Crippen molar-refractivity contribution < 1.29 is 4.74 Å². The van der Waals surface area contributed by atoms with Crippen molar-refractivity contribution >= 4 is 44.8 Å². The molecule has 0 saturated heterocycles. The molecule has 0 amide bonds. The maximum absolute atomic E-state index is 12.4. The van der Waals surface area contributed by atoms with Crippen molar-refractivity contribution in [2.45, 2.75) is 20.1 Å². The van der Waals surface area contributed by atoms with Crippen molar-refractivity contribution in [2.75, 3.05) is 0 Å². The van der Waals surface area contributed by atoms with Crippen molar-refractivity contribution in [1.82, 2.24) is 9.55 Å². The summed E-state index contributed by atoms with van der Waals surface area (Å²) < 4.78 is 8.56. The van der Waals surface area contributed by atoms with Crippen molar-refractivity contribution in [3.8, 4) is 16.2 Å². The van der Waals surface area contributed by atoms with Crippen LogP contribution in [0.3, 0.4) is 0 Å². The normalized spacial score (nSPS) is 11.1. The van der Waals surface area contributed by atoms with Gasteiger partial charge in [0.25, 0.3) is 5.56 Å². The van der Waals surface area contributed by atoms with E-state index >= 15 is 0 Å². The van der Waals surface area contributed by atoms with Crippen LogP contribution in [-0.2, 0) is 13.2 Å². The van der Waals surface area contributed by atoms with E-state index in [1.54, 1.807) is 6.33 Å². The molecule has 3 aromatic carbocycles. The van der Waals surface area contributed by atoms with E-state index in [0.717, 1.165) is 38.4 Å². The number of hydrogen-bond acceptors (Lipinski definition) is 4. The average molecular weight is 507 g/mol. The molecule has 2 aromatic heterocycles. The number of nitrogens with zero attached hydrogens (tertiary/aromatic N) is 2. The van der Waals surface area contributed by atoms with Gasteiger partial charge in [-0.25, -0.2) is 0 Å². The number of benzene rings is 3. The average Bonchev–Trinajstić information content (AvgIpc) is 3.30. The molecule has 0 aliphatic rings. The number of aromatic nitrogens is 2. The molecule has 0 aliphatic heterocycles. The fourth-order valence-electron chi connectivity index (χ4n) is 3.74. The summed E-state index contributed by atoms with van der Waals surface area (Å²) in [5.41, 5.74) is 4.84. The Labute approximate surface area is 211 Å². The molecule has 5 rings (SSSR count). The van der Waals surface area contributed by atoms with Gasteiger partial charge in [0, 0.05) is 27.0 Å². The molecule has 0 N–H and O–H groups in total. The van der Waals surface area contributed by atoms with Gasteiger partial charge in [-0.15, -0.1) is 11.3 Å². The van der Waals surface area contributed by atoms with Crippen LogP contribution < -0.4 is 10.3 Å². The Morgan fingerprint density at radius 3 is 2.50 bits per heavy atom. The smallest absolute Gasteiger partial charge is 0.290 e. The van der Waals surface area contributed by atoms with Crippen LogP contribution in [0.5, 0.6) is 5.75 Å². The molecule has 0 bridgehead atoms. The number of halogens is 2. The Kier molecular flexibility index (Phi) is 6.42. The second-order valence-electron chi connectivity index (χ2n) is 8.04. The Hall–Kier alpha value is -3.12. The number of rotatable bonds is 6. The van der Waals surface area contributed by atoms with Crippen LogP contribution in [0.2, 0.25) is 10.0 Å². The lowest BCUT2D eigenvalue weighted by molar-refractivity contribution is 0.306. The van der Waals surface area contributed by atoms with Crippen LogP contribution in [0.15, 0.2) is 83.9 Å². The summed E-state index contributed by atoms with van der Waals surface area (Å²) >= 11 is 13.7. The van der Waals surface area contributed by atoms with Crippen LogP contribution in [0.4, 0.5) is 0 Å². The number of aryl methyl sites for hydroxylation is 1. The van der Waals surface area contributed by atoms with Crippen LogP contribution >= 0.6 is 34.5 Å². The van der Waals surface area contributed by atoms with Gasteiger partial charge in [-0.1, -0.05) is 53.0 Å². The Balaban J connectivity index is 1.38. The summed E-state index contributed by atoms with van der Waals surface area (Å²) in [6.07, 6.45) is 1.60. The fraction of sp³-hybridized carbons (Fsp3) is 0.111. The van der Waals surface area contributed by atoms with Crippen LogP contribution in [0.1, 0.15) is 16.7 Å². The largest absolute Gasteiger partial charge is 0.489 e. The first-order valence-corrected chi connectivity index (χ1v) is 12.3. The van der Waals surface area contributed by atoms with Gasteiger partial charge in [0.15, 0.2) is 0 Å². The van der Waals surface area contributed by atoms with Crippen LogP contribution in [0.25, 0.3) is 20.7 Å². The topological polar surface area (TPSA) is 44.1 Å². The fourth-order valence-corrected chi connectivity index (χ4v) is 5.10. The second kappa shape index (κ2) is 9.63. The van der Waals surface area contributed by atoms with E-state index in [2.05, 4.69) is 4.98 Å². The highest BCUT2D eigenvalue weighted by atomic mass is 35.5. The van der Waals surface area contributed by atoms with Crippen molar-refractivity contribution in [3.05, 3.63) is 116 Å². The minimum absolute atomic E-state index is 0.214. The van der Waals surface area contributed by atoms with Gasteiger partial charge >= 0.3 is 0 Å². The molecule has 170 valence electrons. The number of fused-ring (bicyclic) bond motifs is 1. The molecule has 0 fully saturated rings. The molecule has 0 unspecified atom stereocenters. The van der Waals surface area contributed by atoms with E-state index in [1.165, 1.54) is 11.3 Å². The Bertz CT molecular complexity index is 1520. The molecule has 0 radical (unpaired) electrons. The highest BCUT2D eigenvalue weighted by molar-refractivity contribution is 7.22. The van der Waals surface area contributed by atoms with E-state index in [1.807, 2.05) is 84.3 Å². The number of ether oxygens (including phenoxy) is 1. The zero-order chi connectivity index (χ0) is 23.7.